The fourth-order valence-electron chi connectivity index (χ4n) is 8.76. The van der Waals surface area contributed by atoms with E-state index in [1.165, 1.54) is 50.5 Å². The molecule has 180 valence electrons. The molecule has 6 atom stereocenters. The molecule has 33 heavy (non-hydrogen) atoms. The number of benzene rings is 1. The number of carbonyl (C=O) groups is 1. The predicted octanol–water partition coefficient (Wildman–Crippen LogP) is 5.81. The minimum Gasteiger partial charge on any atom is -0.508 e. The second-order valence-corrected chi connectivity index (χ2v) is 12.1. The highest BCUT2D eigenvalue weighted by Crippen LogP contribution is 2.70. The van der Waals surface area contributed by atoms with Gasteiger partial charge in [-0.1, -0.05) is 38.5 Å². The molecule has 1 spiro atoms. The van der Waals surface area contributed by atoms with E-state index in [1.807, 2.05) is 12.1 Å². The minimum absolute atomic E-state index is 0.0434. The van der Waals surface area contributed by atoms with E-state index in [1.54, 1.807) is 12.1 Å². The maximum Gasteiger partial charge on any atom is 0.306 e. The van der Waals surface area contributed by atoms with Crippen LogP contribution in [0, 0.1) is 34.0 Å². The molecular weight excluding hydrogens is 412 g/mol. The van der Waals surface area contributed by atoms with Crippen LogP contribution in [0.25, 0.3) is 0 Å². The van der Waals surface area contributed by atoms with Crippen LogP contribution < -0.4 is 0 Å². The van der Waals surface area contributed by atoms with Gasteiger partial charge in [-0.15, -0.1) is 0 Å². The normalized spacial score (nSPS) is 39.4. The van der Waals surface area contributed by atoms with Gasteiger partial charge in [-0.3, -0.25) is 4.79 Å². The Morgan fingerprint density at radius 1 is 1.06 bits per heavy atom. The van der Waals surface area contributed by atoms with Crippen molar-refractivity contribution >= 4 is 5.97 Å². The number of carbonyl (C=O) groups excluding carboxylic acids is 1. The zero-order valence-corrected chi connectivity index (χ0v) is 20.3. The van der Waals surface area contributed by atoms with Crippen LogP contribution in [0.1, 0.15) is 77.2 Å². The van der Waals surface area contributed by atoms with Gasteiger partial charge in [0.05, 0.1) is 13.2 Å². The summed E-state index contributed by atoms with van der Waals surface area (Å²) in [4.78, 5) is 12.6. The van der Waals surface area contributed by atoms with Crippen LogP contribution in [0.4, 0.5) is 0 Å². The number of aliphatic hydroxyl groups is 1. The number of aryl methyl sites for hydroxylation is 1. The Morgan fingerprint density at radius 3 is 2.61 bits per heavy atom. The summed E-state index contributed by atoms with van der Waals surface area (Å²) in [5.74, 6) is 2.01. The van der Waals surface area contributed by atoms with Gasteiger partial charge in [-0.05, 0) is 103 Å². The largest absolute Gasteiger partial charge is 0.508 e. The molecule has 0 amide bonds. The summed E-state index contributed by atoms with van der Waals surface area (Å²) in [6.07, 6.45) is 13.3. The molecule has 4 nitrogen and oxygen atoms in total. The third-order valence-corrected chi connectivity index (χ3v) is 10.2. The monoisotopic (exact) mass is 452 g/mol. The average Bonchev–Trinajstić information content (AvgIpc) is 3.06. The highest BCUT2D eigenvalue weighted by atomic mass is 16.5. The molecule has 4 heteroatoms. The van der Waals surface area contributed by atoms with E-state index in [0.717, 1.165) is 12.0 Å². The highest BCUT2D eigenvalue weighted by molar-refractivity contribution is 5.69. The number of hydrogen-bond donors (Lipinski definition) is 2. The van der Waals surface area contributed by atoms with Crippen molar-refractivity contribution < 1.29 is 19.7 Å². The van der Waals surface area contributed by atoms with Crippen LogP contribution >= 0.6 is 0 Å². The van der Waals surface area contributed by atoms with Crippen LogP contribution in [-0.2, 0) is 16.0 Å². The summed E-state index contributed by atoms with van der Waals surface area (Å²) in [6, 6.07) is 7.05. The number of allylic oxidation sites excluding steroid dienone is 1. The molecule has 0 heterocycles. The van der Waals surface area contributed by atoms with Crippen molar-refractivity contribution in [2.45, 2.75) is 78.1 Å². The van der Waals surface area contributed by atoms with Gasteiger partial charge < -0.3 is 14.9 Å². The summed E-state index contributed by atoms with van der Waals surface area (Å²) in [5.41, 5.74) is 2.98. The summed E-state index contributed by atoms with van der Waals surface area (Å²) < 4.78 is 5.92. The topological polar surface area (TPSA) is 66.8 Å². The van der Waals surface area contributed by atoms with Crippen LogP contribution in [0.5, 0.6) is 5.75 Å². The average molecular weight is 453 g/mol. The zero-order chi connectivity index (χ0) is 23.3. The summed E-state index contributed by atoms with van der Waals surface area (Å²) in [7, 11) is 0. The van der Waals surface area contributed by atoms with Crippen molar-refractivity contribution in [2.75, 3.05) is 13.2 Å². The van der Waals surface area contributed by atoms with E-state index in [2.05, 4.69) is 19.9 Å². The van der Waals surface area contributed by atoms with Crippen molar-refractivity contribution in [1.29, 1.82) is 0 Å². The summed E-state index contributed by atoms with van der Waals surface area (Å²) >= 11 is 0. The van der Waals surface area contributed by atoms with E-state index >= 15 is 0 Å². The molecular formula is C29H40O4. The molecule has 0 saturated heterocycles. The third kappa shape index (κ3) is 3.92. The number of fused-ring (bicyclic) bond motifs is 3. The van der Waals surface area contributed by atoms with Crippen molar-refractivity contribution in [1.82, 2.24) is 0 Å². The Morgan fingerprint density at radius 2 is 1.85 bits per heavy atom. The summed E-state index contributed by atoms with van der Waals surface area (Å²) in [6.45, 7) is 5.67. The first-order valence-corrected chi connectivity index (χ1v) is 13.0. The quantitative estimate of drug-likeness (QED) is 0.422. The molecule has 3 fully saturated rings. The minimum atomic E-state index is -0.115. The van der Waals surface area contributed by atoms with Gasteiger partial charge >= 0.3 is 5.97 Å². The molecule has 1 aromatic rings. The van der Waals surface area contributed by atoms with Crippen LogP contribution in [-0.4, -0.2) is 29.4 Å². The van der Waals surface area contributed by atoms with Crippen LogP contribution in [0.3, 0.4) is 0 Å². The molecule has 1 aromatic carbocycles. The highest BCUT2D eigenvalue weighted by Gasteiger charge is 2.62. The molecule has 2 bridgehead atoms. The lowest BCUT2D eigenvalue weighted by Gasteiger charge is -2.64. The molecule has 3 saturated carbocycles. The first-order chi connectivity index (χ1) is 15.8. The van der Waals surface area contributed by atoms with E-state index in [4.69, 9.17) is 4.74 Å². The Hall–Kier alpha value is -1.81. The first-order valence-electron chi connectivity index (χ1n) is 13.0. The van der Waals surface area contributed by atoms with Crippen molar-refractivity contribution in [3.63, 3.8) is 0 Å². The molecule has 0 radical (unpaired) electrons. The molecule has 4 aliphatic rings. The SMILES string of the molecule is CC1(COC(=O)CCc2ccc(O)cc2)CCCC2(C)C1CCC13C=C(CO)C(CCC12)C3. The van der Waals surface area contributed by atoms with Gasteiger partial charge in [-0.25, -0.2) is 0 Å². The number of phenols is 1. The number of rotatable bonds is 6. The van der Waals surface area contributed by atoms with Gasteiger partial charge in [0, 0.05) is 11.8 Å². The lowest BCUT2D eigenvalue weighted by Crippen LogP contribution is -2.57. The second kappa shape index (κ2) is 8.45. The van der Waals surface area contributed by atoms with Gasteiger partial charge in [0.2, 0.25) is 0 Å². The number of phenolic OH excluding ortho intramolecular Hbond substituents is 1. The lowest BCUT2D eigenvalue weighted by molar-refractivity contribution is -0.169. The Balaban J connectivity index is 1.26. The van der Waals surface area contributed by atoms with E-state index < -0.39 is 0 Å². The number of ether oxygens (including phenoxy) is 1. The Kier molecular flexibility index (Phi) is 5.87. The second-order valence-electron chi connectivity index (χ2n) is 12.1. The molecule has 4 aliphatic carbocycles. The Bertz CT molecular complexity index is 920. The lowest BCUT2D eigenvalue weighted by atomic mass is 9.41. The number of aliphatic hydroxyl groups excluding tert-OH is 1. The van der Waals surface area contributed by atoms with Gasteiger partial charge in [0.15, 0.2) is 0 Å². The zero-order valence-electron chi connectivity index (χ0n) is 20.3. The van der Waals surface area contributed by atoms with Crippen molar-refractivity contribution in [3.8, 4) is 5.75 Å². The maximum atomic E-state index is 12.6. The maximum absolute atomic E-state index is 12.6. The van der Waals surface area contributed by atoms with E-state index in [-0.39, 0.29) is 29.2 Å². The Labute approximate surface area is 198 Å². The molecule has 6 unspecified atom stereocenters. The van der Waals surface area contributed by atoms with Crippen molar-refractivity contribution in [3.05, 3.63) is 41.5 Å². The summed E-state index contributed by atoms with van der Waals surface area (Å²) in [5, 5.41) is 19.3. The fourth-order valence-corrected chi connectivity index (χ4v) is 8.76. The van der Waals surface area contributed by atoms with Gasteiger partial charge in [-0.2, -0.15) is 0 Å². The molecule has 0 aromatic heterocycles. The van der Waals surface area contributed by atoms with Crippen LogP contribution in [0.2, 0.25) is 0 Å². The number of hydrogen-bond acceptors (Lipinski definition) is 4. The van der Waals surface area contributed by atoms with Gasteiger partial charge in [0.1, 0.15) is 5.75 Å². The van der Waals surface area contributed by atoms with Crippen molar-refractivity contribution in [2.24, 2.45) is 34.0 Å². The fraction of sp³-hybridized carbons (Fsp3) is 0.690. The van der Waals surface area contributed by atoms with Crippen LogP contribution in [0.15, 0.2) is 35.9 Å². The molecule has 0 aliphatic heterocycles. The standard InChI is InChI=1S/C29H40O4/c1-27(19-33-26(32)11-6-20-4-8-23(31)9-5-20)13-3-14-28(2)24(27)12-15-29-16-21(7-10-25(28)29)22(17-29)18-30/h4-5,8-9,17,21,24-25,30-31H,3,6-7,10-16,18-19H2,1-2H3. The van der Waals surface area contributed by atoms with Gasteiger partial charge in [0.25, 0.3) is 0 Å². The molecule has 5 rings (SSSR count). The smallest absolute Gasteiger partial charge is 0.306 e. The van der Waals surface area contributed by atoms with E-state index in [9.17, 15) is 15.0 Å². The molecule has 2 N–H and O–H groups in total. The number of esters is 1. The predicted molar refractivity (Wildman–Crippen MR) is 129 cm³/mol. The van der Waals surface area contributed by atoms with E-state index in [0.29, 0.717) is 42.6 Å². The third-order valence-electron chi connectivity index (χ3n) is 10.2. The first kappa shape index (κ1) is 23.0. The number of aromatic hydroxyl groups is 1.